The van der Waals surface area contributed by atoms with Crippen molar-refractivity contribution in [1.82, 2.24) is 5.32 Å². The van der Waals surface area contributed by atoms with E-state index in [9.17, 15) is 4.39 Å². The van der Waals surface area contributed by atoms with Crippen LogP contribution in [0.25, 0.3) is 0 Å². The van der Waals surface area contributed by atoms with Crippen LogP contribution in [-0.4, -0.2) is 6.54 Å². The second-order valence-electron chi connectivity index (χ2n) is 4.14. The van der Waals surface area contributed by atoms with Crippen LogP contribution in [0.1, 0.15) is 15.3 Å². The van der Waals surface area contributed by atoms with Gasteiger partial charge in [-0.15, -0.1) is 11.3 Å². The molecule has 1 nitrogen and oxygen atoms in total. The van der Waals surface area contributed by atoms with Gasteiger partial charge in [-0.3, -0.25) is 0 Å². The van der Waals surface area contributed by atoms with E-state index in [1.54, 1.807) is 17.4 Å². The number of halogens is 2. The van der Waals surface area contributed by atoms with Gasteiger partial charge < -0.3 is 5.32 Å². The van der Waals surface area contributed by atoms with Gasteiger partial charge >= 0.3 is 0 Å². The minimum Gasteiger partial charge on any atom is -0.312 e. The summed E-state index contributed by atoms with van der Waals surface area (Å²) in [5.41, 5.74) is 0.772. The highest BCUT2D eigenvalue weighted by atomic mass is 79.9. The zero-order chi connectivity index (χ0) is 13.0. The Morgan fingerprint density at radius 3 is 2.78 bits per heavy atom. The Bertz CT molecular complexity index is 505. The molecule has 0 aliphatic rings. The van der Waals surface area contributed by atoms with Crippen molar-refractivity contribution in [2.24, 2.45) is 0 Å². The second-order valence-corrected chi connectivity index (χ2v) is 6.33. The smallest absolute Gasteiger partial charge is 0.126 e. The molecule has 2 rings (SSSR count). The van der Waals surface area contributed by atoms with Gasteiger partial charge in [0, 0.05) is 20.8 Å². The summed E-state index contributed by atoms with van der Waals surface area (Å²) in [6.45, 7) is 3.72. The third kappa shape index (κ3) is 3.64. The first-order valence-electron chi connectivity index (χ1n) is 5.86. The van der Waals surface area contributed by atoms with E-state index in [1.165, 1.54) is 20.3 Å². The molecular weight excluding hydrogens is 313 g/mol. The van der Waals surface area contributed by atoms with Gasteiger partial charge in [0.15, 0.2) is 0 Å². The highest BCUT2D eigenvalue weighted by Gasteiger charge is 2.03. The Morgan fingerprint density at radius 1 is 1.33 bits per heavy atom. The molecule has 1 N–H and O–H groups in total. The quantitative estimate of drug-likeness (QED) is 0.808. The number of benzene rings is 1. The minimum atomic E-state index is -0.117. The van der Waals surface area contributed by atoms with Crippen molar-refractivity contribution in [3.8, 4) is 0 Å². The molecule has 0 amide bonds. The molecule has 0 atom stereocenters. The minimum absolute atomic E-state index is 0.117. The van der Waals surface area contributed by atoms with Crippen molar-refractivity contribution < 1.29 is 4.39 Å². The average molecular weight is 328 g/mol. The lowest BCUT2D eigenvalue weighted by Crippen LogP contribution is -2.16. The molecule has 0 aliphatic carbocycles. The maximum Gasteiger partial charge on any atom is 0.126 e. The van der Waals surface area contributed by atoms with Gasteiger partial charge in [0.1, 0.15) is 5.82 Å². The summed E-state index contributed by atoms with van der Waals surface area (Å²) in [6, 6.07) is 9.07. The maximum atomic E-state index is 13.4. The molecule has 4 heteroatoms. The fourth-order valence-electron chi connectivity index (χ4n) is 1.74. The van der Waals surface area contributed by atoms with Crippen molar-refractivity contribution in [3.05, 3.63) is 55.9 Å². The molecule has 0 radical (unpaired) electrons. The Hall–Kier alpha value is -0.710. The molecular formula is C14H15BrFNS. The summed E-state index contributed by atoms with van der Waals surface area (Å²) in [4.78, 5) is 2.59. The van der Waals surface area contributed by atoms with Gasteiger partial charge in [-0.05, 0) is 53.5 Å². The van der Waals surface area contributed by atoms with Crippen LogP contribution in [0.2, 0.25) is 0 Å². The van der Waals surface area contributed by atoms with E-state index in [0.717, 1.165) is 25.1 Å². The number of aryl methyl sites for hydroxylation is 1. The number of thiophene rings is 1. The average Bonchev–Trinajstić information content (AvgIpc) is 2.66. The largest absolute Gasteiger partial charge is 0.312 e. The van der Waals surface area contributed by atoms with Crippen LogP contribution in [0.5, 0.6) is 0 Å². The molecule has 0 saturated heterocycles. The number of hydrogen-bond acceptors (Lipinski definition) is 2. The molecule has 1 aromatic carbocycles. The van der Waals surface area contributed by atoms with E-state index < -0.39 is 0 Å². The number of rotatable bonds is 5. The van der Waals surface area contributed by atoms with Crippen LogP contribution < -0.4 is 5.32 Å². The van der Waals surface area contributed by atoms with Crippen LogP contribution in [0.4, 0.5) is 4.39 Å². The van der Waals surface area contributed by atoms with Crippen molar-refractivity contribution in [1.29, 1.82) is 0 Å². The molecule has 0 spiro atoms. The molecule has 0 saturated carbocycles. The second kappa shape index (κ2) is 6.45. The fourth-order valence-corrected chi connectivity index (χ4v) is 3.31. The summed E-state index contributed by atoms with van der Waals surface area (Å²) in [5.74, 6) is -0.117. The predicted molar refractivity (Wildman–Crippen MR) is 78.6 cm³/mol. The third-order valence-corrected chi connectivity index (χ3v) is 4.87. The van der Waals surface area contributed by atoms with Gasteiger partial charge in [0.05, 0.1) is 0 Å². The zero-order valence-electron chi connectivity index (χ0n) is 10.2. The molecule has 18 heavy (non-hydrogen) atoms. The van der Waals surface area contributed by atoms with Crippen molar-refractivity contribution in [2.45, 2.75) is 19.9 Å². The van der Waals surface area contributed by atoms with E-state index in [0.29, 0.717) is 0 Å². The molecule has 0 fully saturated rings. The normalized spacial score (nSPS) is 10.8. The van der Waals surface area contributed by atoms with Gasteiger partial charge in [0.2, 0.25) is 0 Å². The van der Waals surface area contributed by atoms with Crippen LogP contribution >= 0.6 is 27.3 Å². The van der Waals surface area contributed by atoms with Crippen LogP contribution in [0.3, 0.4) is 0 Å². The predicted octanol–water partition coefficient (Wildman–Crippen LogP) is 4.29. The first-order chi connectivity index (χ1) is 8.66. The third-order valence-electron chi connectivity index (χ3n) is 2.74. The summed E-state index contributed by atoms with van der Waals surface area (Å²) in [5, 5.41) is 3.34. The molecule has 2 aromatic rings. The highest BCUT2D eigenvalue weighted by molar-refractivity contribution is 9.10. The molecule has 1 aromatic heterocycles. The van der Waals surface area contributed by atoms with E-state index in [2.05, 4.69) is 34.2 Å². The van der Waals surface area contributed by atoms with Crippen LogP contribution in [-0.2, 0) is 13.0 Å². The fraction of sp³-hybridized carbons (Fsp3) is 0.286. The summed E-state index contributed by atoms with van der Waals surface area (Å²) in [6.07, 6.45) is 0.720. The molecule has 0 bridgehead atoms. The number of hydrogen-bond donors (Lipinski definition) is 1. The zero-order valence-corrected chi connectivity index (χ0v) is 12.6. The highest BCUT2D eigenvalue weighted by Crippen LogP contribution is 2.26. The van der Waals surface area contributed by atoms with E-state index in [-0.39, 0.29) is 5.82 Å². The van der Waals surface area contributed by atoms with Gasteiger partial charge in [-0.1, -0.05) is 18.2 Å². The lowest BCUT2D eigenvalue weighted by atomic mass is 10.1. The van der Waals surface area contributed by atoms with Crippen LogP contribution in [0.15, 0.2) is 34.8 Å². The first-order valence-corrected chi connectivity index (χ1v) is 7.46. The Morgan fingerprint density at radius 2 is 2.11 bits per heavy atom. The van der Waals surface area contributed by atoms with Gasteiger partial charge in [-0.2, -0.15) is 0 Å². The monoisotopic (exact) mass is 327 g/mol. The number of nitrogens with one attached hydrogen (secondary N) is 1. The lowest BCUT2D eigenvalue weighted by Gasteiger charge is -2.04. The topological polar surface area (TPSA) is 12.0 Å². The maximum absolute atomic E-state index is 13.4. The van der Waals surface area contributed by atoms with E-state index in [4.69, 9.17) is 0 Å². The van der Waals surface area contributed by atoms with Crippen molar-refractivity contribution in [2.75, 3.05) is 6.54 Å². The van der Waals surface area contributed by atoms with E-state index in [1.807, 2.05) is 12.1 Å². The SMILES string of the molecule is Cc1sc(CNCCc2ccccc2F)cc1Br. The lowest BCUT2D eigenvalue weighted by molar-refractivity contribution is 0.598. The Kier molecular flexibility index (Phi) is 4.92. The van der Waals surface area contributed by atoms with Crippen molar-refractivity contribution >= 4 is 27.3 Å². The summed E-state index contributed by atoms with van der Waals surface area (Å²) >= 11 is 5.28. The van der Waals surface area contributed by atoms with E-state index >= 15 is 0 Å². The first kappa shape index (κ1) is 13.7. The molecule has 0 unspecified atom stereocenters. The molecule has 96 valence electrons. The molecule has 0 aliphatic heterocycles. The van der Waals surface area contributed by atoms with Crippen LogP contribution in [0, 0.1) is 12.7 Å². The van der Waals surface area contributed by atoms with Gasteiger partial charge in [-0.25, -0.2) is 4.39 Å². The summed E-state index contributed by atoms with van der Waals surface area (Å²) < 4.78 is 14.5. The Balaban J connectivity index is 1.78. The molecule has 1 heterocycles. The standard InChI is InChI=1S/C14H15BrFNS/c1-10-13(15)8-12(18-10)9-17-7-6-11-4-2-3-5-14(11)16/h2-5,8,17H,6-7,9H2,1H3. The van der Waals surface area contributed by atoms with Crippen molar-refractivity contribution in [3.63, 3.8) is 0 Å². The van der Waals surface area contributed by atoms with Gasteiger partial charge in [0.25, 0.3) is 0 Å². The Labute approximate surface area is 119 Å². The summed E-state index contributed by atoms with van der Waals surface area (Å²) in [7, 11) is 0.